The molecule has 10 heteroatoms. The number of nitrogens with one attached hydrogen (secondary N) is 2. The summed E-state index contributed by atoms with van der Waals surface area (Å²) in [7, 11) is -4.06. The summed E-state index contributed by atoms with van der Waals surface area (Å²) in [6.07, 6.45) is 0.662. The smallest absolute Gasteiger partial charge is 0.367 e. The Morgan fingerprint density at radius 3 is 2.39 bits per heavy atom. The molecule has 1 atom stereocenters. The van der Waals surface area contributed by atoms with Gasteiger partial charge in [0.25, 0.3) is 0 Å². The van der Waals surface area contributed by atoms with E-state index in [1.807, 2.05) is 37.3 Å². The minimum Gasteiger partial charge on any atom is -0.506 e. The topological polar surface area (TPSA) is 140 Å². The lowest BCUT2D eigenvalue weighted by Gasteiger charge is -2.19. The van der Waals surface area contributed by atoms with Crippen molar-refractivity contribution in [2.75, 3.05) is 5.32 Å². The zero-order valence-corrected chi connectivity index (χ0v) is 15.6. The van der Waals surface area contributed by atoms with Crippen LogP contribution in [-0.2, 0) is 10.2 Å². The summed E-state index contributed by atoms with van der Waals surface area (Å²) >= 11 is 0. The molecule has 0 aliphatic carbocycles. The third-order valence-electron chi connectivity index (χ3n) is 4.06. The molecule has 0 bridgehead atoms. The maximum Gasteiger partial charge on any atom is 0.367 e. The zero-order valence-electron chi connectivity index (χ0n) is 14.8. The summed E-state index contributed by atoms with van der Waals surface area (Å²) in [5.41, 5.74) is 0.944. The first-order valence-electron chi connectivity index (χ1n) is 8.39. The predicted octanol–water partition coefficient (Wildman–Crippen LogP) is 2.30. The van der Waals surface area contributed by atoms with Crippen molar-refractivity contribution < 1.29 is 23.4 Å². The van der Waals surface area contributed by atoms with Crippen molar-refractivity contribution in [3.05, 3.63) is 59.7 Å². The number of carboxylic acid groups (broad SMARTS) is 1. The molecule has 0 aromatic heterocycles. The molecule has 4 N–H and O–H groups in total. The number of hydrogen-bond donors (Lipinski definition) is 4. The fourth-order valence-corrected chi connectivity index (χ4v) is 3.46. The number of nitrogens with zero attached hydrogens (tertiary/aromatic N) is 2. The lowest BCUT2D eigenvalue weighted by molar-refractivity contribution is 0.0696. The summed E-state index contributed by atoms with van der Waals surface area (Å²) < 4.78 is 30.9. The van der Waals surface area contributed by atoms with Crippen LogP contribution in [0.15, 0.2) is 57.3 Å². The number of rotatable bonds is 5. The van der Waals surface area contributed by atoms with Gasteiger partial charge in [0.2, 0.25) is 0 Å². The molecular formula is C18H18N4O5S. The molecule has 28 heavy (non-hydrogen) atoms. The Kier molecular flexibility index (Phi) is 5.32. The van der Waals surface area contributed by atoms with Crippen LogP contribution in [0.4, 0.5) is 5.69 Å². The summed E-state index contributed by atoms with van der Waals surface area (Å²) in [6.45, 7) is 1.94. The van der Waals surface area contributed by atoms with Crippen molar-refractivity contribution in [2.24, 2.45) is 8.80 Å². The third-order valence-corrected chi connectivity index (χ3v) is 4.88. The van der Waals surface area contributed by atoms with Gasteiger partial charge >= 0.3 is 16.2 Å². The fraction of sp³-hybridized carbons (Fsp3) is 0.167. The molecule has 1 aliphatic heterocycles. The van der Waals surface area contributed by atoms with E-state index in [-0.39, 0.29) is 34.7 Å². The number of benzene rings is 2. The zero-order chi connectivity index (χ0) is 20.3. The van der Waals surface area contributed by atoms with E-state index in [1.165, 1.54) is 12.1 Å². The average molecular weight is 402 g/mol. The number of aromatic carboxylic acids is 1. The summed E-state index contributed by atoms with van der Waals surface area (Å²) in [5, 5.41) is 24.8. The number of aromatic hydroxyl groups is 1. The number of phenols is 1. The van der Waals surface area contributed by atoms with Crippen LogP contribution in [0.5, 0.6) is 5.75 Å². The van der Waals surface area contributed by atoms with Crippen LogP contribution < -0.4 is 10.6 Å². The van der Waals surface area contributed by atoms with Crippen molar-refractivity contribution in [2.45, 2.75) is 19.4 Å². The molecule has 1 aliphatic rings. The van der Waals surface area contributed by atoms with Crippen LogP contribution in [0.3, 0.4) is 0 Å². The number of amidine groups is 2. The Morgan fingerprint density at radius 2 is 1.79 bits per heavy atom. The van der Waals surface area contributed by atoms with Gasteiger partial charge in [0.05, 0.1) is 17.3 Å². The maximum absolute atomic E-state index is 11.9. The summed E-state index contributed by atoms with van der Waals surface area (Å²) in [6, 6.07) is 12.9. The van der Waals surface area contributed by atoms with Gasteiger partial charge in [-0.25, -0.2) is 4.79 Å². The second-order valence-corrected chi connectivity index (χ2v) is 7.27. The minimum absolute atomic E-state index is 0.0115. The Balaban J connectivity index is 1.86. The van der Waals surface area contributed by atoms with Gasteiger partial charge in [0, 0.05) is 0 Å². The van der Waals surface area contributed by atoms with Gasteiger partial charge in [-0.2, -0.15) is 8.42 Å². The molecule has 146 valence electrons. The van der Waals surface area contributed by atoms with Crippen molar-refractivity contribution >= 4 is 33.5 Å². The van der Waals surface area contributed by atoms with Crippen molar-refractivity contribution in [1.82, 2.24) is 5.32 Å². The van der Waals surface area contributed by atoms with Crippen LogP contribution >= 0.6 is 0 Å². The number of hydrogen-bond acceptors (Lipinski definition) is 6. The Morgan fingerprint density at radius 1 is 1.11 bits per heavy atom. The number of phenolic OH excluding ortho intramolecular Hbond substituents is 1. The highest BCUT2D eigenvalue weighted by Gasteiger charge is 2.27. The minimum atomic E-state index is -4.06. The predicted molar refractivity (Wildman–Crippen MR) is 105 cm³/mol. The van der Waals surface area contributed by atoms with Crippen LogP contribution in [0.25, 0.3) is 0 Å². The van der Waals surface area contributed by atoms with E-state index >= 15 is 0 Å². The Labute approximate surface area is 161 Å². The van der Waals surface area contributed by atoms with Crippen molar-refractivity contribution in [3.8, 4) is 5.75 Å². The van der Waals surface area contributed by atoms with E-state index in [9.17, 15) is 18.3 Å². The van der Waals surface area contributed by atoms with E-state index < -0.39 is 16.2 Å². The van der Waals surface area contributed by atoms with E-state index in [2.05, 4.69) is 19.4 Å². The van der Waals surface area contributed by atoms with Gasteiger partial charge in [0.1, 0.15) is 5.75 Å². The van der Waals surface area contributed by atoms with E-state index in [1.54, 1.807) is 0 Å². The molecule has 3 rings (SSSR count). The van der Waals surface area contributed by atoms with Gasteiger partial charge in [0.15, 0.2) is 11.7 Å². The average Bonchev–Trinajstić information content (AvgIpc) is 2.95. The molecule has 0 amide bonds. The number of carbonyl (C=O) groups is 1. The third kappa shape index (κ3) is 4.29. The molecule has 2 aromatic rings. The van der Waals surface area contributed by atoms with E-state index in [0.29, 0.717) is 6.42 Å². The highest BCUT2D eigenvalue weighted by molar-refractivity contribution is 7.89. The van der Waals surface area contributed by atoms with Gasteiger partial charge in [-0.1, -0.05) is 37.3 Å². The lowest BCUT2D eigenvalue weighted by atomic mass is 10.0. The molecule has 0 radical (unpaired) electrons. The molecule has 0 saturated carbocycles. The second-order valence-electron chi connectivity index (χ2n) is 6.01. The van der Waals surface area contributed by atoms with Crippen LogP contribution in [0.1, 0.15) is 35.3 Å². The van der Waals surface area contributed by atoms with Crippen LogP contribution in [0.2, 0.25) is 0 Å². The Bertz CT molecular complexity index is 1060. The molecule has 0 fully saturated rings. The first-order chi connectivity index (χ1) is 13.3. The first kappa shape index (κ1) is 19.4. The lowest BCUT2D eigenvalue weighted by Crippen LogP contribution is -2.36. The molecule has 2 aromatic carbocycles. The van der Waals surface area contributed by atoms with Gasteiger partial charge in [-0.3, -0.25) is 0 Å². The summed E-state index contributed by atoms with van der Waals surface area (Å²) in [5.74, 6) is -1.63. The molecule has 0 saturated heterocycles. The molecule has 0 spiro atoms. The molecular weight excluding hydrogens is 384 g/mol. The maximum atomic E-state index is 11.9. The quantitative estimate of drug-likeness (QED) is 0.562. The highest BCUT2D eigenvalue weighted by Crippen LogP contribution is 2.26. The highest BCUT2D eigenvalue weighted by atomic mass is 32.2. The molecule has 1 unspecified atom stereocenters. The number of carboxylic acids is 1. The largest absolute Gasteiger partial charge is 0.506 e. The first-order valence-corrected chi connectivity index (χ1v) is 9.79. The Hall–Kier alpha value is -3.40. The molecule has 9 nitrogen and oxygen atoms in total. The van der Waals surface area contributed by atoms with E-state index in [0.717, 1.165) is 11.6 Å². The second kappa shape index (κ2) is 7.69. The standard InChI is InChI=1S/C18H18N4O5S/c1-2-13(11-6-4-3-5-7-11)19-16-17(22-28(26,27)21-16)20-14-9-8-12(18(24)25)10-15(14)23/h3-10,13,23H,2H2,1H3,(H,19,21)(H,20,22)(H,24,25). The van der Waals surface area contributed by atoms with Gasteiger partial charge < -0.3 is 20.8 Å². The van der Waals surface area contributed by atoms with Crippen LogP contribution in [-0.4, -0.2) is 36.3 Å². The normalized spacial score (nSPS) is 16.0. The molecule has 1 heterocycles. The monoisotopic (exact) mass is 402 g/mol. The van der Waals surface area contributed by atoms with E-state index in [4.69, 9.17) is 5.11 Å². The van der Waals surface area contributed by atoms with Crippen LogP contribution in [0, 0.1) is 0 Å². The van der Waals surface area contributed by atoms with Gasteiger partial charge in [-0.05, 0) is 30.2 Å². The SMILES string of the molecule is CCC(NC1=NS(=O)(=O)N=C1Nc1ccc(C(=O)O)cc1O)c1ccccc1. The van der Waals surface area contributed by atoms with Gasteiger partial charge in [-0.15, -0.1) is 8.80 Å². The van der Waals surface area contributed by atoms with Crippen molar-refractivity contribution in [3.63, 3.8) is 0 Å². The summed E-state index contributed by atoms with van der Waals surface area (Å²) in [4.78, 5) is 11.0. The van der Waals surface area contributed by atoms with Crippen molar-refractivity contribution in [1.29, 1.82) is 0 Å². The fourth-order valence-electron chi connectivity index (χ4n) is 2.68. The number of anilines is 1.